The van der Waals surface area contributed by atoms with Gasteiger partial charge in [-0.15, -0.1) is 0 Å². The first-order chi connectivity index (χ1) is 8.19. The predicted octanol–water partition coefficient (Wildman–Crippen LogP) is 2.95. The van der Waals surface area contributed by atoms with Gasteiger partial charge in [-0.05, 0) is 36.6 Å². The highest BCUT2D eigenvalue weighted by Crippen LogP contribution is 2.24. The summed E-state index contributed by atoms with van der Waals surface area (Å²) in [6.07, 6.45) is 1.79. The molecular weight excluding hydrogens is 212 g/mol. The molecule has 3 nitrogen and oxygen atoms in total. The fourth-order valence-corrected chi connectivity index (χ4v) is 1.51. The van der Waals surface area contributed by atoms with Gasteiger partial charge in [-0.25, -0.2) is 4.98 Å². The van der Waals surface area contributed by atoms with Gasteiger partial charge in [0.05, 0.1) is 0 Å². The molecule has 0 radical (unpaired) electrons. The molecule has 0 amide bonds. The zero-order valence-corrected chi connectivity index (χ0v) is 10.1. The maximum absolute atomic E-state index is 5.74. The summed E-state index contributed by atoms with van der Waals surface area (Å²) in [4.78, 5) is 4.22. The number of nitrogens with two attached hydrogens (primary N) is 1. The Labute approximate surface area is 101 Å². The molecule has 3 heteroatoms. The average Bonchev–Trinajstić information content (AvgIpc) is 2.35. The molecule has 0 saturated carbocycles. The van der Waals surface area contributed by atoms with E-state index in [0.29, 0.717) is 12.4 Å². The second kappa shape index (κ2) is 4.97. The van der Waals surface area contributed by atoms with Crippen molar-refractivity contribution in [2.24, 2.45) is 5.73 Å². The van der Waals surface area contributed by atoms with Crippen LogP contribution in [0.5, 0.6) is 11.6 Å². The molecule has 2 rings (SSSR count). The molecule has 0 aliphatic rings. The molecule has 0 spiro atoms. The summed E-state index contributed by atoms with van der Waals surface area (Å²) in [6, 6.07) is 9.81. The van der Waals surface area contributed by atoms with Gasteiger partial charge < -0.3 is 10.5 Å². The molecule has 0 fully saturated rings. The zero-order chi connectivity index (χ0) is 12.3. The quantitative estimate of drug-likeness (QED) is 0.878. The van der Waals surface area contributed by atoms with Crippen molar-refractivity contribution in [1.29, 1.82) is 0 Å². The molecule has 0 aliphatic heterocycles. The number of ether oxygens (including phenoxy) is 1. The fraction of sp³-hybridized carbons (Fsp3) is 0.214. The van der Waals surface area contributed by atoms with Crippen LogP contribution in [0.4, 0.5) is 0 Å². The summed E-state index contributed by atoms with van der Waals surface area (Å²) in [5, 5.41) is 0. The predicted molar refractivity (Wildman–Crippen MR) is 68.1 cm³/mol. The minimum atomic E-state index is 0.512. The van der Waals surface area contributed by atoms with E-state index >= 15 is 0 Å². The van der Waals surface area contributed by atoms with E-state index in [1.54, 1.807) is 6.20 Å². The van der Waals surface area contributed by atoms with Crippen molar-refractivity contribution in [3.8, 4) is 11.6 Å². The van der Waals surface area contributed by atoms with Crippen LogP contribution in [0.25, 0.3) is 0 Å². The Balaban J connectivity index is 2.25. The van der Waals surface area contributed by atoms with Crippen molar-refractivity contribution in [3.05, 3.63) is 53.2 Å². The topological polar surface area (TPSA) is 48.1 Å². The van der Waals surface area contributed by atoms with Gasteiger partial charge in [-0.2, -0.15) is 0 Å². The van der Waals surface area contributed by atoms with Crippen molar-refractivity contribution < 1.29 is 4.74 Å². The Bertz CT molecular complexity index is 506. The van der Waals surface area contributed by atoms with Crippen molar-refractivity contribution in [2.45, 2.75) is 20.4 Å². The van der Waals surface area contributed by atoms with Gasteiger partial charge in [-0.3, -0.25) is 0 Å². The molecule has 0 atom stereocenters. The highest BCUT2D eigenvalue weighted by molar-refractivity contribution is 5.38. The molecule has 2 aromatic rings. The molecule has 88 valence electrons. The molecule has 17 heavy (non-hydrogen) atoms. The van der Waals surface area contributed by atoms with E-state index in [0.717, 1.165) is 22.4 Å². The third-order valence-electron chi connectivity index (χ3n) is 2.59. The summed E-state index contributed by atoms with van der Waals surface area (Å²) < 4.78 is 5.74. The number of nitrogens with zero attached hydrogens (tertiary/aromatic N) is 1. The molecule has 0 bridgehead atoms. The lowest BCUT2D eigenvalue weighted by Gasteiger charge is -2.09. The van der Waals surface area contributed by atoms with Crippen LogP contribution in [-0.4, -0.2) is 4.98 Å². The van der Waals surface area contributed by atoms with Crippen molar-refractivity contribution in [3.63, 3.8) is 0 Å². The molecule has 0 saturated heterocycles. The lowest BCUT2D eigenvalue weighted by Crippen LogP contribution is -1.98. The first kappa shape index (κ1) is 11.6. The largest absolute Gasteiger partial charge is 0.439 e. The summed E-state index contributed by atoms with van der Waals surface area (Å²) in [6.45, 7) is 4.51. The standard InChI is InChI=1S/C14H16N2O/c1-10-3-6-14(16-9-10)17-13-7-12(8-15)5-4-11(13)2/h3-7,9H,8,15H2,1-2H3. The van der Waals surface area contributed by atoms with Crippen molar-refractivity contribution in [1.82, 2.24) is 4.98 Å². The second-order valence-corrected chi connectivity index (χ2v) is 4.08. The molecule has 1 aromatic heterocycles. The van der Waals surface area contributed by atoms with E-state index in [9.17, 15) is 0 Å². The normalized spacial score (nSPS) is 10.3. The lowest BCUT2D eigenvalue weighted by atomic mass is 10.1. The van der Waals surface area contributed by atoms with Gasteiger partial charge in [0.15, 0.2) is 0 Å². The maximum atomic E-state index is 5.74. The zero-order valence-electron chi connectivity index (χ0n) is 10.1. The highest BCUT2D eigenvalue weighted by Gasteiger charge is 2.03. The number of hydrogen-bond donors (Lipinski definition) is 1. The summed E-state index contributed by atoms with van der Waals surface area (Å²) in [7, 11) is 0. The van der Waals surface area contributed by atoms with Crippen LogP contribution in [0.1, 0.15) is 16.7 Å². The third-order valence-corrected chi connectivity index (χ3v) is 2.59. The molecule has 2 N–H and O–H groups in total. The SMILES string of the molecule is Cc1ccc(Oc2cc(CN)ccc2C)nc1. The van der Waals surface area contributed by atoms with Crippen LogP contribution in [0, 0.1) is 13.8 Å². The van der Waals surface area contributed by atoms with Crippen LogP contribution in [0.15, 0.2) is 36.5 Å². The Morgan fingerprint density at radius 3 is 2.65 bits per heavy atom. The van der Waals surface area contributed by atoms with Crippen molar-refractivity contribution in [2.75, 3.05) is 0 Å². The smallest absolute Gasteiger partial charge is 0.219 e. The van der Waals surface area contributed by atoms with Gasteiger partial charge in [0.2, 0.25) is 5.88 Å². The first-order valence-corrected chi connectivity index (χ1v) is 5.59. The summed E-state index contributed by atoms with van der Waals surface area (Å²) in [5.74, 6) is 1.41. The van der Waals surface area contributed by atoms with E-state index in [4.69, 9.17) is 10.5 Å². The fourth-order valence-electron chi connectivity index (χ4n) is 1.51. The van der Waals surface area contributed by atoms with Gasteiger partial charge in [0.1, 0.15) is 5.75 Å². The summed E-state index contributed by atoms with van der Waals surface area (Å²) >= 11 is 0. The monoisotopic (exact) mass is 228 g/mol. The number of benzene rings is 1. The maximum Gasteiger partial charge on any atom is 0.219 e. The van der Waals surface area contributed by atoms with Gasteiger partial charge in [0, 0.05) is 18.8 Å². The Kier molecular flexibility index (Phi) is 3.40. The molecular formula is C14H16N2O. The molecule has 0 aliphatic carbocycles. The van der Waals surface area contributed by atoms with Crippen LogP contribution < -0.4 is 10.5 Å². The second-order valence-electron chi connectivity index (χ2n) is 4.08. The van der Waals surface area contributed by atoms with E-state index in [1.807, 2.05) is 44.2 Å². The number of aromatic nitrogens is 1. The van der Waals surface area contributed by atoms with E-state index in [2.05, 4.69) is 4.98 Å². The third kappa shape index (κ3) is 2.82. The van der Waals surface area contributed by atoms with Crippen LogP contribution in [0.2, 0.25) is 0 Å². The van der Waals surface area contributed by atoms with E-state index in [1.165, 1.54) is 0 Å². The van der Waals surface area contributed by atoms with Gasteiger partial charge in [-0.1, -0.05) is 18.2 Å². The average molecular weight is 228 g/mol. The number of hydrogen-bond acceptors (Lipinski definition) is 3. The Morgan fingerprint density at radius 2 is 2.00 bits per heavy atom. The van der Waals surface area contributed by atoms with Crippen LogP contribution >= 0.6 is 0 Å². The van der Waals surface area contributed by atoms with E-state index in [-0.39, 0.29) is 0 Å². The number of aryl methyl sites for hydroxylation is 2. The Morgan fingerprint density at radius 1 is 1.18 bits per heavy atom. The van der Waals surface area contributed by atoms with Gasteiger partial charge >= 0.3 is 0 Å². The minimum absolute atomic E-state index is 0.512. The molecule has 1 aromatic carbocycles. The molecule has 1 heterocycles. The van der Waals surface area contributed by atoms with Crippen LogP contribution in [-0.2, 0) is 6.54 Å². The number of rotatable bonds is 3. The molecule has 0 unspecified atom stereocenters. The minimum Gasteiger partial charge on any atom is -0.439 e. The highest BCUT2D eigenvalue weighted by atomic mass is 16.5. The van der Waals surface area contributed by atoms with Crippen LogP contribution in [0.3, 0.4) is 0 Å². The van der Waals surface area contributed by atoms with E-state index < -0.39 is 0 Å². The summed E-state index contributed by atoms with van der Waals surface area (Å²) in [5.41, 5.74) is 8.85. The van der Waals surface area contributed by atoms with Crippen molar-refractivity contribution >= 4 is 0 Å². The Hall–Kier alpha value is -1.87. The van der Waals surface area contributed by atoms with Gasteiger partial charge in [0.25, 0.3) is 0 Å². The lowest BCUT2D eigenvalue weighted by molar-refractivity contribution is 0.458. The number of pyridine rings is 1. The first-order valence-electron chi connectivity index (χ1n) is 5.59.